The molecule has 3 N–H and O–H groups in total. The fraction of sp³-hybridized carbons (Fsp3) is 0.444. The molecule has 0 spiro atoms. The molecule has 1 aliphatic heterocycles. The van der Waals surface area contributed by atoms with Crippen LogP contribution in [-0.2, 0) is 14.8 Å². The van der Waals surface area contributed by atoms with Gasteiger partial charge in [0.05, 0.1) is 4.92 Å². The van der Waals surface area contributed by atoms with Crippen molar-refractivity contribution in [3.63, 3.8) is 0 Å². The highest BCUT2D eigenvalue weighted by molar-refractivity contribution is 7.91. The van der Waals surface area contributed by atoms with Gasteiger partial charge in [-0.25, -0.2) is 8.42 Å². The zero-order valence-corrected chi connectivity index (χ0v) is 11.9. The Labute approximate surface area is 118 Å². The highest BCUT2D eigenvalue weighted by atomic mass is 32.2. The molecule has 2 rings (SSSR count). The molecule has 110 valence electrons. The van der Waals surface area contributed by atoms with Crippen molar-refractivity contribution in [1.82, 2.24) is 9.62 Å². The second-order valence-corrected chi connectivity index (χ2v) is 7.32. The van der Waals surface area contributed by atoms with Gasteiger partial charge in [-0.3, -0.25) is 14.9 Å². The normalized spacial score (nSPS) is 17.5. The predicted octanol–water partition coefficient (Wildman–Crippen LogP) is -0.251. The smallest absolute Gasteiger partial charge is 0.304 e. The maximum absolute atomic E-state index is 12.4. The number of amides is 1. The quantitative estimate of drug-likeness (QED) is 0.582. The van der Waals surface area contributed by atoms with E-state index in [0.29, 0.717) is 11.3 Å². The van der Waals surface area contributed by atoms with Crippen LogP contribution in [0.2, 0.25) is 0 Å². The molecule has 1 amide bonds. The van der Waals surface area contributed by atoms with Crippen LogP contribution in [0.5, 0.6) is 0 Å². The van der Waals surface area contributed by atoms with E-state index >= 15 is 0 Å². The number of hydrogen-bond acceptors (Lipinski definition) is 7. The number of rotatable bonds is 3. The van der Waals surface area contributed by atoms with E-state index in [2.05, 4.69) is 5.32 Å². The summed E-state index contributed by atoms with van der Waals surface area (Å²) in [5, 5.41) is 13.1. The van der Waals surface area contributed by atoms with Gasteiger partial charge in [0.2, 0.25) is 5.91 Å². The van der Waals surface area contributed by atoms with Crippen LogP contribution in [0.15, 0.2) is 10.3 Å². The van der Waals surface area contributed by atoms with E-state index in [1.54, 1.807) is 0 Å². The maximum atomic E-state index is 12.4. The largest absolute Gasteiger partial charge is 0.385 e. The number of nitrogen functional groups attached to an aromatic ring is 1. The Hall–Kier alpha value is -1.72. The minimum absolute atomic E-state index is 0.0414. The first-order chi connectivity index (χ1) is 9.32. The van der Waals surface area contributed by atoms with E-state index < -0.39 is 20.6 Å². The average molecular weight is 320 g/mol. The summed E-state index contributed by atoms with van der Waals surface area (Å²) in [5.41, 5.74) is 5.03. The summed E-state index contributed by atoms with van der Waals surface area (Å²) < 4.78 is 25.6. The molecule has 11 heteroatoms. The van der Waals surface area contributed by atoms with Gasteiger partial charge >= 0.3 is 5.69 Å². The second-order valence-electron chi connectivity index (χ2n) is 4.08. The molecule has 2 heterocycles. The average Bonchev–Trinajstić information content (AvgIpc) is 2.62. The summed E-state index contributed by atoms with van der Waals surface area (Å²) in [6.45, 7) is 0.375. The van der Waals surface area contributed by atoms with Gasteiger partial charge in [0, 0.05) is 32.1 Å². The van der Waals surface area contributed by atoms with Crippen molar-refractivity contribution in [3.05, 3.63) is 16.2 Å². The number of nitrogens with two attached hydrogens (primary N) is 1. The van der Waals surface area contributed by atoms with Gasteiger partial charge in [-0.2, -0.15) is 4.31 Å². The van der Waals surface area contributed by atoms with Gasteiger partial charge in [0.1, 0.15) is 4.21 Å². The van der Waals surface area contributed by atoms with Crippen molar-refractivity contribution in [1.29, 1.82) is 0 Å². The third-order valence-electron chi connectivity index (χ3n) is 2.78. The number of carbonyl (C=O) groups excluding carboxylic acids is 1. The predicted molar refractivity (Wildman–Crippen MR) is 71.8 cm³/mol. The number of nitro groups is 1. The molecule has 1 fully saturated rings. The van der Waals surface area contributed by atoms with Crippen LogP contribution in [0.3, 0.4) is 0 Å². The number of nitrogens with one attached hydrogen (secondary N) is 1. The van der Waals surface area contributed by atoms with Crippen LogP contribution < -0.4 is 11.1 Å². The van der Waals surface area contributed by atoms with Crippen LogP contribution in [0, 0.1) is 10.1 Å². The molecule has 20 heavy (non-hydrogen) atoms. The van der Waals surface area contributed by atoms with Gasteiger partial charge in [-0.05, 0) is 0 Å². The molecule has 0 atom stereocenters. The first-order valence-corrected chi connectivity index (χ1v) is 7.88. The molecule has 1 saturated heterocycles. The number of anilines is 1. The lowest BCUT2D eigenvalue weighted by Gasteiger charge is -2.17. The summed E-state index contributed by atoms with van der Waals surface area (Å²) >= 11 is 0.652. The van der Waals surface area contributed by atoms with Crippen molar-refractivity contribution in [2.75, 3.05) is 25.4 Å². The Morgan fingerprint density at radius 2 is 2.15 bits per heavy atom. The van der Waals surface area contributed by atoms with Crippen molar-refractivity contribution < 1.29 is 18.1 Å². The lowest BCUT2D eigenvalue weighted by atomic mass is 10.4. The third-order valence-corrected chi connectivity index (χ3v) is 6.08. The number of sulfonamides is 1. The van der Waals surface area contributed by atoms with Crippen LogP contribution in [0.25, 0.3) is 0 Å². The molecule has 0 radical (unpaired) electrons. The summed E-state index contributed by atoms with van der Waals surface area (Å²) in [6.07, 6.45) is 0.0577. The minimum Gasteiger partial charge on any atom is -0.385 e. The summed E-state index contributed by atoms with van der Waals surface area (Å²) in [7, 11) is -3.87. The fourth-order valence-electron chi connectivity index (χ4n) is 1.76. The summed E-state index contributed by atoms with van der Waals surface area (Å²) in [5.74, 6) is -0.223. The minimum atomic E-state index is -3.87. The highest BCUT2D eigenvalue weighted by Gasteiger charge is 2.31. The van der Waals surface area contributed by atoms with Crippen LogP contribution in [0.4, 0.5) is 10.7 Å². The molecule has 0 unspecified atom stereocenters. The molecule has 0 aromatic carbocycles. The van der Waals surface area contributed by atoms with E-state index in [1.807, 2.05) is 0 Å². The van der Waals surface area contributed by atoms with Crippen LogP contribution >= 0.6 is 11.3 Å². The zero-order chi connectivity index (χ0) is 14.9. The highest BCUT2D eigenvalue weighted by Crippen LogP contribution is 2.35. The maximum Gasteiger partial charge on any atom is 0.304 e. The summed E-state index contributed by atoms with van der Waals surface area (Å²) in [4.78, 5) is 21.2. The van der Waals surface area contributed by atoms with Crippen LogP contribution in [0.1, 0.15) is 6.42 Å². The zero-order valence-electron chi connectivity index (χ0n) is 10.2. The van der Waals surface area contributed by atoms with E-state index in [0.717, 1.165) is 10.4 Å². The Morgan fingerprint density at radius 3 is 2.75 bits per heavy atom. The molecule has 0 bridgehead atoms. The standard InChI is InChI=1S/C9H12N4O5S2/c10-9-6(13(15)16)5-8(19-9)20(17,18)12-3-1-7(14)11-2-4-12/h5H,1-4,10H2,(H,11,14). The first kappa shape index (κ1) is 14.7. The lowest BCUT2D eigenvalue weighted by Crippen LogP contribution is -2.33. The van der Waals surface area contributed by atoms with Crippen molar-refractivity contribution >= 4 is 38.0 Å². The third kappa shape index (κ3) is 2.73. The number of hydrogen-bond donors (Lipinski definition) is 2. The Kier molecular flexibility index (Phi) is 3.92. The Balaban J connectivity index is 2.32. The second kappa shape index (κ2) is 5.34. The van der Waals surface area contributed by atoms with Crippen molar-refractivity contribution in [2.24, 2.45) is 0 Å². The first-order valence-electron chi connectivity index (χ1n) is 5.63. The van der Waals surface area contributed by atoms with Crippen LogP contribution in [-0.4, -0.2) is 43.2 Å². The molecule has 9 nitrogen and oxygen atoms in total. The Morgan fingerprint density at radius 1 is 1.45 bits per heavy atom. The Bertz CT molecular complexity index is 653. The van der Waals surface area contributed by atoms with E-state index in [-0.39, 0.29) is 41.2 Å². The van der Waals surface area contributed by atoms with Gasteiger partial charge in [-0.1, -0.05) is 11.3 Å². The fourth-order valence-corrected chi connectivity index (χ4v) is 4.57. The molecule has 1 aromatic heterocycles. The summed E-state index contributed by atoms with van der Waals surface area (Å²) in [6, 6.07) is 0.954. The molecule has 1 aliphatic rings. The van der Waals surface area contributed by atoms with Gasteiger partial charge in [-0.15, -0.1) is 0 Å². The molecule has 0 aliphatic carbocycles. The molecule has 1 aromatic rings. The van der Waals surface area contributed by atoms with Crippen molar-refractivity contribution in [2.45, 2.75) is 10.6 Å². The van der Waals surface area contributed by atoms with E-state index in [9.17, 15) is 23.3 Å². The molecular formula is C9H12N4O5S2. The lowest BCUT2D eigenvalue weighted by molar-refractivity contribution is -0.383. The van der Waals surface area contributed by atoms with Gasteiger partial charge in [0.25, 0.3) is 10.0 Å². The van der Waals surface area contributed by atoms with Crippen molar-refractivity contribution in [3.8, 4) is 0 Å². The topological polar surface area (TPSA) is 136 Å². The number of thiophene rings is 1. The van der Waals surface area contributed by atoms with Gasteiger partial charge < -0.3 is 11.1 Å². The SMILES string of the molecule is Nc1sc(S(=O)(=O)N2CCNC(=O)CC2)cc1[N+](=O)[O-]. The monoisotopic (exact) mass is 320 g/mol. The molecule has 0 saturated carbocycles. The van der Waals surface area contributed by atoms with E-state index in [1.165, 1.54) is 0 Å². The number of nitrogens with zero attached hydrogens (tertiary/aromatic N) is 2. The molecular weight excluding hydrogens is 308 g/mol. The van der Waals surface area contributed by atoms with E-state index in [4.69, 9.17) is 5.73 Å². The number of carbonyl (C=O) groups is 1. The van der Waals surface area contributed by atoms with Gasteiger partial charge in [0.15, 0.2) is 5.00 Å².